The highest BCUT2D eigenvalue weighted by Gasteiger charge is 2.24. The minimum atomic E-state index is -1.25. The van der Waals surface area contributed by atoms with E-state index in [1.165, 1.54) is 0 Å². The van der Waals surface area contributed by atoms with Crippen LogP contribution in [0.2, 0.25) is 0 Å². The molecule has 8 nitrogen and oxygen atoms in total. The molecule has 0 saturated carbocycles. The number of carboxylic acid groups (broad SMARTS) is 1. The van der Waals surface area contributed by atoms with Gasteiger partial charge in [-0.2, -0.15) is 0 Å². The number of nitrogens with zero attached hydrogens (tertiary/aromatic N) is 1. The number of amides is 2. The number of hydrogen-bond donors (Lipinski definition) is 3. The van der Waals surface area contributed by atoms with E-state index in [9.17, 15) is 14.4 Å². The van der Waals surface area contributed by atoms with Crippen LogP contribution in [0.4, 0.5) is 4.79 Å². The molecular weight excluding hydrogens is 338 g/mol. The van der Waals surface area contributed by atoms with Crippen molar-refractivity contribution in [1.82, 2.24) is 15.6 Å². The Kier molecular flexibility index (Phi) is 7.11. The average molecular weight is 357 g/mol. The Labute approximate surface area is 150 Å². The lowest BCUT2D eigenvalue weighted by Gasteiger charge is -2.16. The van der Waals surface area contributed by atoms with E-state index in [1.54, 1.807) is 48.7 Å². The molecule has 3 N–H and O–H groups in total. The first-order valence-electron chi connectivity index (χ1n) is 7.91. The number of aliphatic carboxylic acids is 1. The van der Waals surface area contributed by atoms with Crippen LogP contribution in [0.5, 0.6) is 0 Å². The lowest BCUT2D eigenvalue weighted by atomic mass is 10.2. The van der Waals surface area contributed by atoms with Crippen molar-refractivity contribution < 1.29 is 24.2 Å². The number of alkyl carbamates (subject to hydrolysis) is 1. The second-order valence-corrected chi connectivity index (χ2v) is 5.40. The minimum Gasteiger partial charge on any atom is -0.481 e. The number of carbonyl (C=O) groups excluding carboxylic acids is 2. The Bertz CT molecular complexity index is 737. The molecular formula is C18H19N3O5. The highest BCUT2D eigenvalue weighted by Crippen LogP contribution is 2.02. The predicted octanol–water partition coefficient (Wildman–Crippen LogP) is 1.47. The SMILES string of the molecule is O=C(O)C[C@H](NC(=O)OCc1ccccc1)C(=O)NCc1ccccn1. The van der Waals surface area contributed by atoms with Gasteiger partial charge in [0.25, 0.3) is 0 Å². The molecule has 1 aromatic carbocycles. The summed E-state index contributed by atoms with van der Waals surface area (Å²) in [5.74, 6) is -1.85. The topological polar surface area (TPSA) is 118 Å². The van der Waals surface area contributed by atoms with Crippen LogP contribution in [0.3, 0.4) is 0 Å². The maximum absolute atomic E-state index is 12.2. The number of nitrogens with one attached hydrogen (secondary N) is 2. The molecule has 0 radical (unpaired) electrons. The van der Waals surface area contributed by atoms with Crippen molar-refractivity contribution >= 4 is 18.0 Å². The Morgan fingerprint density at radius 3 is 2.46 bits per heavy atom. The zero-order chi connectivity index (χ0) is 18.8. The lowest BCUT2D eigenvalue weighted by Crippen LogP contribution is -2.47. The fraction of sp³-hybridized carbons (Fsp3) is 0.222. The van der Waals surface area contributed by atoms with Crippen LogP contribution in [0, 0.1) is 0 Å². The van der Waals surface area contributed by atoms with Crippen LogP contribution in [0.1, 0.15) is 17.7 Å². The molecule has 1 atom stereocenters. The van der Waals surface area contributed by atoms with Gasteiger partial charge in [0.05, 0.1) is 18.7 Å². The summed E-state index contributed by atoms with van der Waals surface area (Å²) in [5, 5.41) is 13.8. The molecule has 0 aliphatic carbocycles. The van der Waals surface area contributed by atoms with E-state index in [1.807, 2.05) is 6.07 Å². The molecule has 2 aromatic rings. The van der Waals surface area contributed by atoms with Gasteiger partial charge in [-0.3, -0.25) is 14.6 Å². The first-order valence-corrected chi connectivity index (χ1v) is 7.91. The largest absolute Gasteiger partial charge is 0.481 e. The second kappa shape index (κ2) is 9.77. The summed E-state index contributed by atoms with van der Waals surface area (Å²) in [4.78, 5) is 39.1. The Morgan fingerprint density at radius 2 is 1.81 bits per heavy atom. The zero-order valence-electron chi connectivity index (χ0n) is 13.9. The minimum absolute atomic E-state index is 0.0159. The molecule has 26 heavy (non-hydrogen) atoms. The summed E-state index contributed by atoms with van der Waals surface area (Å²) in [6, 6.07) is 13.0. The van der Waals surface area contributed by atoms with Crippen LogP contribution < -0.4 is 10.6 Å². The van der Waals surface area contributed by atoms with Crippen LogP contribution in [0.15, 0.2) is 54.7 Å². The quantitative estimate of drug-likeness (QED) is 0.658. The highest BCUT2D eigenvalue weighted by atomic mass is 16.5. The fourth-order valence-corrected chi connectivity index (χ4v) is 2.09. The van der Waals surface area contributed by atoms with Crippen molar-refractivity contribution in [2.45, 2.75) is 25.6 Å². The van der Waals surface area contributed by atoms with Gasteiger partial charge in [-0.05, 0) is 17.7 Å². The third kappa shape index (κ3) is 6.60. The van der Waals surface area contributed by atoms with Crippen molar-refractivity contribution in [2.75, 3.05) is 0 Å². The summed E-state index contributed by atoms with van der Waals surface area (Å²) in [6.45, 7) is 0.137. The number of hydrogen-bond acceptors (Lipinski definition) is 5. The number of rotatable bonds is 8. The highest BCUT2D eigenvalue weighted by molar-refractivity contribution is 5.89. The summed E-state index contributed by atoms with van der Waals surface area (Å²) in [6.07, 6.45) is 0.150. The molecule has 0 spiro atoms. The molecule has 136 valence electrons. The smallest absolute Gasteiger partial charge is 0.408 e. The molecule has 0 fully saturated rings. The van der Waals surface area contributed by atoms with E-state index < -0.39 is 30.4 Å². The molecule has 2 rings (SSSR count). The molecule has 0 aliphatic rings. The molecule has 1 aromatic heterocycles. The lowest BCUT2D eigenvalue weighted by molar-refractivity contribution is -0.139. The van der Waals surface area contributed by atoms with E-state index in [-0.39, 0.29) is 13.2 Å². The Hall–Kier alpha value is -3.42. The van der Waals surface area contributed by atoms with Crippen molar-refractivity contribution in [2.24, 2.45) is 0 Å². The number of carboxylic acids is 1. The van der Waals surface area contributed by atoms with Crippen LogP contribution in [-0.4, -0.2) is 34.1 Å². The summed E-state index contributed by atoms with van der Waals surface area (Å²) < 4.78 is 5.02. The second-order valence-electron chi connectivity index (χ2n) is 5.40. The number of benzene rings is 1. The van der Waals surface area contributed by atoms with Crippen molar-refractivity contribution in [3.05, 3.63) is 66.0 Å². The Morgan fingerprint density at radius 1 is 1.08 bits per heavy atom. The van der Waals surface area contributed by atoms with Crippen molar-refractivity contribution in [3.63, 3.8) is 0 Å². The molecule has 0 bridgehead atoms. The molecule has 1 heterocycles. The predicted molar refractivity (Wildman–Crippen MR) is 91.9 cm³/mol. The summed E-state index contributed by atoms with van der Waals surface area (Å²) in [5.41, 5.74) is 1.39. The zero-order valence-corrected chi connectivity index (χ0v) is 13.9. The molecule has 2 amide bonds. The van der Waals surface area contributed by atoms with Crippen LogP contribution in [0.25, 0.3) is 0 Å². The van der Waals surface area contributed by atoms with Gasteiger partial charge in [0.2, 0.25) is 5.91 Å². The molecule has 0 aliphatic heterocycles. The normalized spacial score (nSPS) is 11.2. The van der Waals surface area contributed by atoms with E-state index in [0.717, 1.165) is 5.56 Å². The number of carbonyl (C=O) groups is 3. The number of ether oxygens (including phenoxy) is 1. The van der Waals surface area contributed by atoms with E-state index in [4.69, 9.17) is 9.84 Å². The van der Waals surface area contributed by atoms with Crippen LogP contribution in [-0.2, 0) is 27.5 Å². The maximum Gasteiger partial charge on any atom is 0.408 e. The molecule has 8 heteroatoms. The third-order valence-electron chi connectivity index (χ3n) is 3.37. The third-order valence-corrected chi connectivity index (χ3v) is 3.37. The van der Waals surface area contributed by atoms with Gasteiger partial charge in [0.1, 0.15) is 12.6 Å². The number of pyridine rings is 1. The monoisotopic (exact) mass is 357 g/mol. The summed E-state index contributed by atoms with van der Waals surface area (Å²) >= 11 is 0. The van der Waals surface area contributed by atoms with E-state index >= 15 is 0 Å². The van der Waals surface area contributed by atoms with Gasteiger partial charge in [-0.1, -0.05) is 36.4 Å². The van der Waals surface area contributed by atoms with Gasteiger partial charge in [0, 0.05) is 6.20 Å². The average Bonchev–Trinajstić information content (AvgIpc) is 2.65. The first kappa shape index (κ1) is 18.9. The Balaban J connectivity index is 1.87. The molecule has 0 unspecified atom stereocenters. The van der Waals surface area contributed by atoms with Crippen molar-refractivity contribution in [1.29, 1.82) is 0 Å². The van der Waals surface area contributed by atoms with E-state index in [2.05, 4.69) is 15.6 Å². The summed E-state index contributed by atoms with van der Waals surface area (Å²) in [7, 11) is 0. The molecule has 0 saturated heterocycles. The van der Waals surface area contributed by atoms with Gasteiger partial charge in [-0.15, -0.1) is 0 Å². The standard InChI is InChI=1S/C18H19N3O5/c22-16(23)10-15(17(24)20-11-14-8-4-5-9-19-14)21-18(25)26-12-13-6-2-1-3-7-13/h1-9,15H,10-12H2,(H,20,24)(H,21,25)(H,22,23)/t15-/m0/s1. The number of aromatic nitrogens is 1. The maximum atomic E-state index is 12.2. The van der Waals surface area contributed by atoms with Crippen molar-refractivity contribution in [3.8, 4) is 0 Å². The van der Waals surface area contributed by atoms with Gasteiger partial charge in [0.15, 0.2) is 0 Å². The van der Waals surface area contributed by atoms with E-state index in [0.29, 0.717) is 5.69 Å². The first-order chi connectivity index (χ1) is 12.5. The van der Waals surface area contributed by atoms with Gasteiger partial charge < -0.3 is 20.5 Å². The van der Waals surface area contributed by atoms with Gasteiger partial charge >= 0.3 is 12.1 Å². The van der Waals surface area contributed by atoms with Gasteiger partial charge in [-0.25, -0.2) is 4.79 Å². The van der Waals surface area contributed by atoms with Crippen LogP contribution >= 0.6 is 0 Å². The fourth-order valence-electron chi connectivity index (χ4n) is 2.09.